The predicted octanol–water partition coefficient (Wildman–Crippen LogP) is 3.67. The van der Waals surface area contributed by atoms with E-state index in [-0.39, 0.29) is 24.5 Å². The fourth-order valence-electron chi connectivity index (χ4n) is 1.85. The Hall–Kier alpha value is -0.880. The molecule has 0 bridgehead atoms. The Morgan fingerprint density at radius 1 is 1.30 bits per heavy atom. The van der Waals surface area contributed by atoms with Crippen molar-refractivity contribution in [1.29, 1.82) is 0 Å². The Morgan fingerprint density at radius 3 is 2.65 bits per heavy atom. The van der Waals surface area contributed by atoms with Crippen molar-refractivity contribution in [2.24, 2.45) is 0 Å². The van der Waals surface area contributed by atoms with Crippen LogP contribution in [0, 0.1) is 0 Å². The van der Waals surface area contributed by atoms with Gasteiger partial charge in [0.05, 0.1) is 16.9 Å². The van der Waals surface area contributed by atoms with E-state index in [4.69, 9.17) is 11.6 Å². The Labute approximate surface area is 132 Å². The highest BCUT2D eigenvalue weighted by Crippen LogP contribution is 2.32. The Morgan fingerprint density at radius 2 is 2.10 bits per heavy atom. The molecular formula is C14H17ClN2OS2. The maximum atomic E-state index is 11.8. The Bertz CT molecular complexity index is 551. The second-order valence-electron chi connectivity index (χ2n) is 4.69. The molecule has 20 heavy (non-hydrogen) atoms. The van der Waals surface area contributed by atoms with E-state index in [2.05, 4.69) is 16.7 Å². The summed E-state index contributed by atoms with van der Waals surface area (Å²) in [5, 5.41) is 8.22. The molecule has 0 aromatic carbocycles. The topological polar surface area (TPSA) is 41.1 Å². The van der Waals surface area contributed by atoms with Crippen LogP contribution in [0.3, 0.4) is 0 Å². The van der Waals surface area contributed by atoms with Crippen molar-refractivity contribution < 1.29 is 4.79 Å². The molecule has 1 amide bonds. The third-order valence-electron chi connectivity index (χ3n) is 2.62. The predicted molar refractivity (Wildman–Crippen MR) is 86.8 cm³/mol. The van der Waals surface area contributed by atoms with Crippen LogP contribution in [0.4, 0.5) is 0 Å². The zero-order valence-corrected chi connectivity index (χ0v) is 13.7. The smallest absolute Gasteiger partial charge is 0.234 e. The third-order valence-corrected chi connectivity index (χ3v) is 4.86. The largest absolute Gasteiger partial charge is 0.353 e. The van der Waals surface area contributed by atoms with E-state index in [0.29, 0.717) is 0 Å². The van der Waals surface area contributed by atoms with Gasteiger partial charge in [-0.2, -0.15) is 0 Å². The van der Waals surface area contributed by atoms with E-state index in [1.165, 1.54) is 16.2 Å². The summed E-state index contributed by atoms with van der Waals surface area (Å²) in [5.74, 6) is 0.00390. The highest BCUT2D eigenvalue weighted by molar-refractivity contribution is 7.16. The van der Waals surface area contributed by atoms with Crippen LogP contribution < -0.4 is 10.6 Å². The van der Waals surface area contributed by atoms with Crippen molar-refractivity contribution in [2.75, 3.05) is 6.54 Å². The van der Waals surface area contributed by atoms with Gasteiger partial charge in [-0.1, -0.05) is 17.7 Å². The van der Waals surface area contributed by atoms with E-state index >= 15 is 0 Å². The molecule has 2 heterocycles. The number of rotatable bonds is 6. The minimum absolute atomic E-state index is 0.00390. The average Bonchev–Trinajstić information content (AvgIpc) is 3.01. The summed E-state index contributed by atoms with van der Waals surface area (Å²) in [5.41, 5.74) is 0. The number of hydrogen-bond acceptors (Lipinski definition) is 4. The minimum Gasteiger partial charge on any atom is -0.353 e. The summed E-state index contributed by atoms with van der Waals surface area (Å²) in [6.07, 6.45) is 0. The third kappa shape index (κ3) is 4.31. The maximum absolute atomic E-state index is 11.8. The van der Waals surface area contributed by atoms with Crippen molar-refractivity contribution in [1.82, 2.24) is 10.6 Å². The highest BCUT2D eigenvalue weighted by Gasteiger charge is 2.18. The average molecular weight is 329 g/mol. The molecule has 1 atom stereocenters. The molecule has 1 unspecified atom stereocenters. The van der Waals surface area contributed by atoms with E-state index < -0.39 is 0 Å². The van der Waals surface area contributed by atoms with E-state index in [1.54, 1.807) is 11.3 Å². The van der Waals surface area contributed by atoms with Gasteiger partial charge in [0.25, 0.3) is 0 Å². The van der Waals surface area contributed by atoms with Crippen molar-refractivity contribution in [2.45, 2.75) is 25.9 Å². The lowest BCUT2D eigenvalue weighted by molar-refractivity contribution is -0.120. The molecule has 0 radical (unpaired) electrons. The van der Waals surface area contributed by atoms with Gasteiger partial charge in [-0.3, -0.25) is 10.1 Å². The number of nitrogens with one attached hydrogen (secondary N) is 2. The molecule has 0 aliphatic rings. The van der Waals surface area contributed by atoms with Gasteiger partial charge < -0.3 is 5.32 Å². The van der Waals surface area contributed by atoms with E-state index in [0.717, 1.165) is 9.21 Å². The first-order chi connectivity index (χ1) is 9.56. The first-order valence-corrected chi connectivity index (χ1v) is 8.45. The zero-order chi connectivity index (χ0) is 14.5. The first-order valence-electron chi connectivity index (χ1n) is 6.37. The summed E-state index contributed by atoms with van der Waals surface area (Å²) in [7, 11) is 0. The van der Waals surface area contributed by atoms with Gasteiger partial charge in [0.15, 0.2) is 0 Å². The molecule has 2 rings (SSSR count). The van der Waals surface area contributed by atoms with E-state index in [9.17, 15) is 4.79 Å². The van der Waals surface area contributed by atoms with Crippen LogP contribution in [0.5, 0.6) is 0 Å². The summed E-state index contributed by atoms with van der Waals surface area (Å²) < 4.78 is 0.759. The summed E-state index contributed by atoms with van der Waals surface area (Å²) in [4.78, 5) is 14.1. The molecule has 0 fully saturated rings. The SMILES string of the molecule is CC(C)NC(=O)CNC(c1cccs1)c1ccc(Cl)s1. The van der Waals surface area contributed by atoms with Gasteiger partial charge in [-0.05, 0) is 37.4 Å². The number of carbonyl (C=O) groups excluding carboxylic acids is 1. The lowest BCUT2D eigenvalue weighted by Gasteiger charge is -2.16. The maximum Gasteiger partial charge on any atom is 0.234 e. The molecule has 108 valence electrons. The van der Waals surface area contributed by atoms with Gasteiger partial charge in [-0.25, -0.2) is 0 Å². The Balaban J connectivity index is 2.07. The van der Waals surface area contributed by atoms with Crippen LogP contribution in [0.15, 0.2) is 29.6 Å². The molecule has 6 heteroatoms. The van der Waals surface area contributed by atoms with Gasteiger partial charge >= 0.3 is 0 Å². The van der Waals surface area contributed by atoms with Crippen LogP contribution in [-0.2, 0) is 4.79 Å². The van der Waals surface area contributed by atoms with Crippen molar-refractivity contribution in [3.8, 4) is 0 Å². The molecule has 0 saturated carbocycles. The van der Waals surface area contributed by atoms with Gasteiger partial charge in [0.1, 0.15) is 0 Å². The quantitative estimate of drug-likeness (QED) is 0.849. The van der Waals surface area contributed by atoms with Gasteiger partial charge in [0.2, 0.25) is 5.91 Å². The molecule has 2 aromatic rings. The fourth-order valence-corrected chi connectivity index (χ4v) is 3.90. The summed E-state index contributed by atoms with van der Waals surface area (Å²) >= 11 is 9.22. The molecule has 0 aliphatic carbocycles. The first kappa shape index (κ1) is 15.5. The van der Waals surface area contributed by atoms with Crippen LogP contribution in [0.25, 0.3) is 0 Å². The van der Waals surface area contributed by atoms with Crippen molar-refractivity contribution >= 4 is 40.2 Å². The zero-order valence-electron chi connectivity index (χ0n) is 11.4. The summed E-state index contributed by atoms with van der Waals surface area (Å²) in [6, 6.07) is 8.14. The highest BCUT2D eigenvalue weighted by atomic mass is 35.5. The van der Waals surface area contributed by atoms with Crippen molar-refractivity contribution in [3.63, 3.8) is 0 Å². The van der Waals surface area contributed by atoms with E-state index in [1.807, 2.05) is 37.4 Å². The second kappa shape index (κ2) is 7.22. The number of amides is 1. The lowest BCUT2D eigenvalue weighted by Crippen LogP contribution is -2.38. The summed E-state index contributed by atoms with van der Waals surface area (Å²) in [6.45, 7) is 4.19. The van der Waals surface area contributed by atoms with Gasteiger partial charge in [0, 0.05) is 15.8 Å². The Kier molecular flexibility index (Phi) is 5.60. The fraction of sp³-hybridized carbons (Fsp3) is 0.357. The molecule has 0 aliphatic heterocycles. The molecule has 0 saturated heterocycles. The van der Waals surface area contributed by atoms with Crippen LogP contribution in [0.2, 0.25) is 4.34 Å². The number of carbonyl (C=O) groups is 1. The van der Waals surface area contributed by atoms with Gasteiger partial charge in [-0.15, -0.1) is 22.7 Å². The minimum atomic E-state index is 0.00390. The molecular weight excluding hydrogens is 312 g/mol. The van der Waals surface area contributed by atoms with Crippen LogP contribution >= 0.6 is 34.3 Å². The molecule has 2 N–H and O–H groups in total. The monoisotopic (exact) mass is 328 g/mol. The number of thiophene rings is 2. The lowest BCUT2D eigenvalue weighted by atomic mass is 10.2. The standard InChI is InChI=1S/C14H17ClN2OS2/c1-9(2)17-13(18)8-16-14(10-4-3-7-19-10)11-5-6-12(15)20-11/h3-7,9,14,16H,8H2,1-2H3,(H,17,18). The number of halogens is 1. The van der Waals surface area contributed by atoms with Crippen LogP contribution in [-0.4, -0.2) is 18.5 Å². The normalized spacial score (nSPS) is 12.6. The molecule has 3 nitrogen and oxygen atoms in total. The molecule has 2 aromatic heterocycles. The number of hydrogen-bond donors (Lipinski definition) is 2. The molecule has 0 spiro atoms. The van der Waals surface area contributed by atoms with Crippen LogP contribution in [0.1, 0.15) is 29.6 Å². The second-order valence-corrected chi connectivity index (χ2v) is 7.42. The van der Waals surface area contributed by atoms with Crippen molar-refractivity contribution in [3.05, 3.63) is 43.7 Å².